The van der Waals surface area contributed by atoms with Crippen molar-refractivity contribution in [3.8, 4) is 0 Å². The average molecular weight is 406 g/mol. The molecule has 9 heteroatoms. The number of hydrogen-bond acceptors (Lipinski definition) is 5. The van der Waals surface area contributed by atoms with E-state index in [1.807, 2.05) is 0 Å². The van der Waals surface area contributed by atoms with Gasteiger partial charge in [-0.2, -0.15) is 0 Å². The molecule has 4 aromatic rings. The van der Waals surface area contributed by atoms with Gasteiger partial charge in [0.1, 0.15) is 12.3 Å². The second-order valence-electron chi connectivity index (χ2n) is 6.43. The van der Waals surface area contributed by atoms with Crippen LogP contribution in [-0.2, 0) is 17.9 Å². The van der Waals surface area contributed by atoms with Crippen LogP contribution in [0.5, 0.6) is 0 Å². The lowest BCUT2D eigenvalue weighted by atomic mass is 10.2. The van der Waals surface area contributed by atoms with Gasteiger partial charge in [-0.15, -0.1) is 0 Å². The number of carbonyl (C=O) groups excluding carboxylic acids is 2. The van der Waals surface area contributed by atoms with E-state index in [-0.39, 0.29) is 25.0 Å². The molecule has 0 spiro atoms. The van der Waals surface area contributed by atoms with Gasteiger partial charge in [0.25, 0.3) is 0 Å². The van der Waals surface area contributed by atoms with Crippen LogP contribution in [0.1, 0.15) is 5.76 Å². The standard InChI is InChI=1S/C21H18N4O5/c26-19(13-25-17-5-1-2-6-18(17)30-21(25)28)23-14-7-9-15(10-8-14)24-20(27)22-12-16-4-3-11-29-16/h1-11H,12-13H2,(H,23,26)(H2,22,24,27). The summed E-state index contributed by atoms with van der Waals surface area (Å²) in [4.78, 5) is 36.2. The van der Waals surface area contributed by atoms with Crippen LogP contribution >= 0.6 is 0 Å². The fourth-order valence-electron chi connectivity index (χ4n) is 2.90. The van der Waals surface area contributed by atoms with E-state index >= 15 is 0 Å². The molecule has 4 rings (SSSR count). The van der Waals surface area contributed by atoms with Gasteiger partial charge >= 0.3 is 11.8 Å². The molecule has 0 saturated heterocycles. The number of anilines is 2. The van der Waals surface area contributed by atoms with E-state index in [0.717, 1.165) is 0 Å². The van der Waals surface area contributed by atoms with Gasteiger partial charge in [-0.1, -0.05) is 12.1 Å². The van der Waals surface area contributed by atoms with Gasteiger partial charge in [0.2, 0.25) is 5.91 Å². The Morgan fingerprint density at radius 1 is 0.900 bits per heavy atom. The van der Waals surface area contributed by atoms with Crippen molar-refractivity contribution >= 4 is 34.4 Å². The molecule has 0 aliphatic rings. The number of urea groups is 1. The summed E-state index contributed by atoms with van der Waals surface area (Å²) in [6, 6.07) is 16.6. The molecule has 152 valence electrons. The predicted molar refractivity (Wildman–Crippen MR) is 110 cm³/mol. The second-order valence-corrected chi connectivity index (χ2v) is 6.43. The SMILES string of the molecule is O=C(Cn1c(=O)oc2ccccc21)Nc1ccc(NC(=O)NCc2ccco2)cc1. The summed E-state index contributed by atoms with van der Waals surface area (Å²) in [6.07, 6.45) is 1.54. The number of nitrogens with zero attached hydrogens (tertiary/aromatic N) is 1. The van der Waals surface area contributed by atoms with Crippen molar-refractivity contribution in [1.82, 2.24) is 9.88 Å². The predicted octanol–water partition coefficient (Wildman–Crippen LogP) is 3.15. The van der Waals surface area contributed by atoms with Crippen LogP contribution in [0, 0.1) is 0 Å². The highest BCUT2D eigenvalue weighted by molar-refractivity contribution is 5.92. The number of amides is 3. The molecule has 0 saturated carbocycles. The smallest absolute Gasteiger partial charge is 0.420 e. The molecule has 0 unspecified atom stereocenters. The number of hydrogen-bond donors (Lipinski definition) is 3. The summed E-state index contributed by atoms with van der Waals surface area (Å²) >= 11 is 0. The molecule has 0 aliphatic heterocycles. The van der Waals surface area contributed by atoms with Gasteiger partial charge in [-0.05, 0) is 48.5 Å². The van der Waals surface area contributed by atoms with Crippen LogP contribution in [0.2, 0.25) is 0 Å². The first-order valence-electron chi connectivity index (χ1n) is 9.14. The third-order valence-electron chi connectivity index (χ3n) is 4.31. The van der Waals surface area contributed by atoms with Crippen molar-refractivity contribution in [2.75, 3.05) is 10.6 Å². The van der Waals surface area contributed by atoms with Crippen LogP contribution in [0.3, 0.4) is 0 Å². The molecule has 0 bridgehead atoms. The number of furan rings is 1. The zero-order valence-corrected chi connectivity index (χ0v) is 15.8. The zero-order valence-electron chi connectivity index (χ0n) is 15.8. The summed E-state index contributed by atoms with van der Waals surface area (Å²) in [7, 11) is 0. The van der Waals surface area contributed by atoms with Crippen molar-refractivity contribution < 1.29 is 18.4 Å². The summed E-state index contributed by atoms with van der Waals surface area (Å²) in [5, 5.41) is 8.07. The maximum Gasteiger partial charge on any atom is 0.420 e. The van der Waals surface area contributed by atoms with Gasteiger partial charge in [-0.25, -0.2) is 9.59 Å². The minimum atomic E-state index is -0.591. The third-order valence-corrected chi connectivity index (χ3v) is 4.31. The Kier molecular flexibility index (Phi) is 5.33. The topological polar surface area (TPSA) is 119 Å². The molecular formula is C21H18N4O5. The Morgan fingerprint density at radius 2 is 1.63 bits per heavy atom. The number of fused-ring (bicyclic) bond motifs is 1. The van der Waals surface area contributed by atoms with Crippen LogP contribution < -0.4 is 21.7 Å². The van der Waals surface area contributed by atoms with Crippen molar-refractivity contribution in [1.29, 1.82) is 0 Å². The fraction of sp³-hybridized carbons (Fsp3) is 0.0952. The van der Waals surface area contributed by atoms with Crippen molar-refractivity contribution in [2.24, 2.45) is 0 Å². The van der Waals surface area contributed by atoms with Crippen LogP contribution in [-0.4, -0.2) is 16.5 Å². The molecule has 0 radical (unpaired) electrons. The minimum Gasteiger partial charge on any atom is -0.467 e. The lowest BCUT2D eigenvalue weighted by Crippen LogP contribution is -2.28. The molecule has 0 fully saturated rings. The van der Waals surface area contributed by atoms with E-state index in [2.05, 4.69) is 16.0 Å². The Labute approximate surface area is 170 Å². The van der Waals surface area contributed by atoms with E-state index in [4.69, 9.17) is 8.83 Å². The average Bonchev–Trinajstić information content (AvgIpc) is 3.36. The van der Waals surface area contributed by atoms with Crippen LogP contribution in [0.15, 0.2) is 80.6 Å². The molecule has 0 atom stereocenters. The highest BCUT2D eigenvalue weighted by atomic mass is 16.4. The molecule has 2 heterocycles. The quantitative estimate of drug-likeness (QED) is 0.455. The van der Waals surface area contributed by atoms with Crippen molar-refractivity contribution in [3.05, 3.63) is 83.2 Å². The number of benzene rings is 2. The monoisotopic (exact) mass is 406 g/mol. The third kappa shape index (κ3) is 4.41. The minimum absolute atomic E-state index is 0.176. The van der Waals surface area contributed by atoms with Crippen molar-refractivity contribution in [3.63, 3.8) is 0 Å². The highest BCUT2D eigenvalue weighted by Gasteiger charge is 2.12. The van der Waals surface area contributed by atoms with E-state index in [1.54, 1.807) is 60.7 Å². The largest absolute Gasteiger partial charge is 0.467 e. The summed E-state index contributed by atoms with van der Waals surface area (Å²) in [5.74, 6) is -0.320. The van der Waals surface area contributed by atoms with Crippen LogP contribution in [0.25, 0.3) is 11.1 Å². The first-order valence-corrected chi connectivity index (χ1v) is 9.14. The number of oxazole rings is 1. The molecule has 3 amide bonds. The number of aromatic nitrogens is 1. The lowest BCUT2D eigenvalue weighted by Gasteiger charge is -2.09. The van der Waals surface area contributed by atoms with Gasteiger partial charge in [-0.3, -0.25) is 9.36 Å². The van der Waals surface area contributed by atoms with Gasteiger partial charge in [0.05, 0.1) is 18.3 Å². The summed E-state index contributed by atoms with van der Waals surface area (Å²) in [5.41, 5.74) is 2.07. The Balaban J connectivity index is 1.32. The number of nitrogens with one attached hydrogen (secondary N) is 3. The zero-order chi connectivity index (χ0) is 20.9. The van der Waals surface area contributed by atoms with E-state index in [1.165, 1.54) is 10.8 Å². The van der Waals surface area contributed by atoms with E-state index in [9.17, 15) is 14.4 Å². The van der Waals surface area contributed by atoms with Gasteiger partial charge < -0.3 is 24.8 Å². The van der Waals surface area contributed by atoms with E-state index < -0.39 is 5.76 Å². The van der Waals surface area contributed by atoms with Gasteiger partial charge in [0, 0.05) is 11.4 Å². The molecule has 9 nitrogen and oxygen atoms in total. The second kappa shape index (κ2) is 8.39. The molecular weight excluding hydrogens is 388 g/mol. The first kappa shape index (κ1) is 19.1. The number of rotatable bonds is 6. The maximum absolute atomic E-state index is 12.3. The van der Waals surface area contributed by atoms with Crippen LogP contribution in [0.4, 0.5) is 16.2 Å². The summed E-state index contributed by atoms with van der Waals surface area (Å²) in [6.45, 7) is 0.0973. The number of para-hydroxylation sites is 2. The normalized spacial score (nSPS) is 10.7. The number of carbonyl (C=O) groups is 2. The molecule has 2 aromatic heterocycles. The Bertz CT molecular complexity index is 1220. The van der Waals surface area contributed by atoms with Gasteiger partial charge in [0.15, 0.2) is 5.58 Å². The molecule has 30 heavy (non-hydrogen) atoms. The Morgan fingerprint density at radius 3 is 2.37 bits per heavy atom. The fourth-order valence-corrected chi connectivity index (χ4v) is 2.90. The molecule has 0 aliphatic carbocycles. The van der Waals surface area contributed by atoms with Crippen molar-refractivity contribution in [2.45, 2.75) is 13.1 Å². The maximum atomic E-state index is 12.3. The Hall–Kier alpha value is -4.27. The molecule has 3 N–H and O–H groups in total. The lowest BCUT2D eigenvalue weighted by molar-refractivity contribution is -0.116. The molecule has 2 aromatic carbocycles. The van der Waals surface area contributed by atoms with E-state index in [0.29, 0.717) is 28.2 Å². The highest BCUT2D eigenvalue weighted by Crippen LogP contribution is 2.15. The summed E-state index contributed by atoms with van der Waals surface area (Å²) < 4.78 is 11.5. The first-order chi connectivity index (χ1) is 14.6.